The normalized spacial score (nSPS) is 17.3. The van der Waals surface area contributed by atoms with Crippen molar-refractivity contribution in [2.75, 3.05) is 33.3 Å². The minimum atomic E-state index is -0.432. The van der Waals surface area contributed by atoms with Gasteiger partial charge >= 0.3 is 5.97 Å². The Morgan fingerprint density at radius 1 is 1.45 bits per heavy atom. The van der Waals surface area contributed by atoms with Gasteiger partial charge < -0.3 is 19.4 Å². The van der Waals surface area contributed by atoms with E-state index in [-0.39, 0.29) is 5.76 Å². The molecule has 20 heavy (non-hydrogen) atoms. The lowest BCUT2D eigenvalue weighted by atomic mass is 10.1. The highest BCUT2D eigenvalue weighted by molar-refractivity contribution is 5.86. The molecule has 1 unspecified atom stereocenters. The topological polar surface area (TPSA) is 54.7 Å². The maximum Gasteiger partial charge on any atom is 0.373 e. The molecule has 0 aliphatic carbocycles. The summed E-state index contributed by atoms with van der Waals surface area (Å²) in [4.78, 5) is 13.8. The standard InChI is InChI=1S/C15H24N2O3/c1-12(11-17-7-3-4-8-17)9-16-10-13-5-6-14(20-13)15(18)19-2/h5-6,12,16H,3-4,7-11H2,1-2H3. The number of hydrogen-bond donors (Lipinski definition) is 1. The monoisotopic (exact) mass is 280 g/mol. The molecule has 1 aromatic rings. The van der Waals surface area contributed by atoms with E-state index in [4.69, 9.17) is 4.42 Å². The summed E-state index contributed by atoms with van der Waals surface area (Å²) in [5.41, 5.74) is 0. The van der Waals surface area contributed by atoms with Gasteiger partial charge in [-0.1, -0.05) is 6.92 Å². The summed E-state index contributed by atoms with van der Waals surface area (Å²) >= 11 is 0. The summed E-state index contributed by atoms with van der Waals surface area (Å²) in [7, 11) is 1.35. The molecule has 112 valence electrons. The first-order valence-electron chi connectivity index (χ1n) is 7.29. The average Bonchev–Trinajstić information content (AvgIpc) is 3.09. The molecule has 2 rings (SSSR count). The SMILES string of the molecule is COC(=O)c1ccc(CNCC(C)CN2CCCC2)o1. The Hall–Kier alpha value is -1.33. The first-order chi connectivity index (χ1) is 9.69. The van der Waals surface area contributed by atoms with E-state index in [0.29, 0.717) is 12.5 Å². The Bertz CT molecular complexity index is 425. The molecule has 1 aliphatic rings. The van der Waals surface area contributed by atoms with Crippen LogP contribution in [0.4, 0.5) is 0 Å². The minimum Gasteiger partial charge on any atom is -0.463 e. The molecule has 0 bridgehead atoms. The molecule has 5 nitrogen and oxygen atoms in total. The van der Waals surface area contributed by atoms with Crippen LogP contribution < -0.4 is 5.32 Å². The smallest absolute Gasteiger partial charge is 0.373 e. The molecule has 1 fully saturated rings. The molecular weight excluding hydrogens is 256 g/mol. The van der Waals surface area contributed by atoms with E-state index >= 15 is 0 Å². The quantitative estimate of drug-likeness (QED) is 0.773. The van der Waals surface area contributed by atoms with E-state index < -0.39 is 5.97 Å². The summed E-state index contributed by atoms with van der Waals surface area (Å²) in [6, 6.07) is 3.46. The summed E-state index contributed by atoms with van der Waals surface area (Å²) in [5, 5.41) is 3.37. The molecule has 0 amide bonds. The van der Waals surface area contributed by atoms with Gasteiger partial charge in [0.25, 0.3) is 0 Å². The van der Waals surface area contributed by atoms with Crippen molar-refractivity contribution >= 4 is 5.97 Å². The molecule has 1 atom stereocenters. The second-order valence-electron chi connectivity index (χ2n) is 5.50. The number of nitrogens with one attached hydrogen (secondary N) is 1. The zero-order valence-corrected chi connectivity index (χ0v) is 12.4. The second kappa shape index (κ2) is 7.45. The van der Waals surface area contributed by atoms with Gasteiger partial charge in [-0.2, -0.15) is 0 Å². The van der Waals surface area contributed by atoms with Crippen molar-refractivity contribution in [2.24, 2.45) is 5.92 Å². The molecule has 0 saturated carbocycles. The Labute approximate surface area is 120 Å². The number of carbonyl (C=O) groups excluding carboxylic acids is 1. The van der Waals surface area contributed by atoms with Crippen molar-refractivity contribution < 1.29 is 13.9 Å². The van der Waals surface area contributed by atoms with Crippen LogP contribution in [0.15, 0.2) is 16.5 Å². The summed E-state index contributed by atoms with van der Waals surface area (Å²) in [6.07, 6.45) is 2.67. The van der Waals surface area contributed by atoms with Gasteiger partial charge in [0.2, 0.25) is 5.76 Å². The van der Waals surface area contributed by atoms with Crippen molar-refractivity contribution in [1.29, 1.82) is 0 Å². The highest BCUT2D eigenvalue weighted by atomic mass is 16.5. The minimum absolute atomic E-state index is 0.259. The fourth-order valence-electron chi connectivity index (χ4n) is 2.60. The van der Waals surface area contributed by atoms with Gasteiger partial charge in [0, 0.05) is 6.54 Å². The number of ether oxygens (including phenoxy) is 1. The highest BCUT2D eigenvalue weighted by Crippen LogP contribution is 2.11. The van der Waals surface area contributed by atoms with Gasteiger partial charge in [0.05, 0.1) is 13.7 Å². The van der Waals surface area contributed by atoms with Gasteiger partial charge in [-0.25, -0.2) is 4.79 Å². The van der Waals surface area contributed by atoms with Crippen LogP contribution in [0, 0.1) is 5.92 Å². The molecule has 5 heteroatoms. The molecule has 1 N–H and O–H groups in total. The maximum atomic E-state index is 11.3. The Morgan fingerprint density at radius 2 is 2.20 bits per heavy atom. The number of nitrogens with zero attached hydrogens (tertiary/aromatic N) is 1. The van der Waals surface area contributed by atoms with E-state index in [2.05, 4.69) is 21.9 Å². The van der Waals surface area contributed by atoms with Crippen molar-refractivity contribution in [1.82, 2.24) is 10.2 Å². The number of furan rings is 1. The van der Waals surface area contributed by atoms with Gasteiger partial charge in [-0.05, 0) is 50.5 Å². The number of hydrogen-bond acceptors (Lipinski definition) is 5. The predicted molar refractivity (Wildman–Crippen MR) is 76.6 cm³/mol. The molecule has 0 radical (unpaired) electrons. The Morgan fingerprint density at radius 3 is 2.90 bits per heavy atom. The second-order valence-corrected chi connectivity index (χ2v) is 5.50. The van der Waals surface area contributed by atoms with Crippen LogP contribution in [0.3, 0.4) is 0 Å². The lowest BCUT2D eigenvalue weighted by molar-refractivity contribution is 0.0563. The third-order valence-electron chi connectivity index (χ3n) is 3.61. The van der Waals surface area contributed by atoms with Gasteiger partial charge in [-0.15, -0.1) is 0 Å². The third-order valence-corrected chi connectivity index (χ3v) is 3.61. The van der Waals surface area contributed by atoms with Crippen LogP contribution >= 0.6 is 0 Å². The highest BCUT2D eigenvalue weighted by Gasteiger charge is 2.15. The summed E-state index contributed by atoms with van der Waals surface area (Å²) in [5.74, 6) is 1.20. The van der Waals surface area contributed by atoms with Crippen molar-refractivity contribution in [3.63, 3.8) is 0 Å². The Balaban J connectivity index is 1.67. The molecule has 1 aliphatic heterocycles. The number of esters is 1. The number of carbonyl (C=O) groups is 1. The zero-order valence-electron chi connectivity index (χ0n) is 12.4. The predicted octanol–water partition coefficient (Wildman–Crippen LogP) is 1.89. The summed E-state index contributed by atoms with van der Waals surface area (Å²) < 4.78 is 10.0. The van der Waals surface area contributed by atoms with Crippen molar-refractivity contribution in [3.8, 4) is 0 Å². The van der Waals surface area contributed by atoms with Crippen LogP contribution in [-0.4, -0.2) is 44.2 Å². The van der Waals surface area contributed by atoms with Gasteiger partial charge in [0.1, 0.15) is 5.76 Å². The van der Waals surface area contributed by atoms with Crippen molar-refractivity contribution in [2.45, 2.75) is 26.3 Å². The lowest BCUT2D eigenvalue weighted by Crippen LogP contribution is -2.31. The molecular formula is C15H24N2O3. The molecule has 0 spiro atoms. The largest absolute Gasteiger partial charge is 0.463 e. The van der Waals surface area contributed by atoms with Crippen LogP contribution in [-0.2, 0) is 11.3 Å². The van der Waals surface area contributed by atoms with E-state index in [9.17, 15) is 4.79 Å². The van der Waals surface area contributed by atoms with Crippen LogP contribution in [0.1, 0.15) is 36.1 Å². The number of likely N-dealkylation sites (tertiary alicyclic amines) is 1. The lowest BCUT2D eigenvalue weighted by Gasteiger charge is -2.20. The molecule has 0 aromatic carbocycles. The first kappa shape index (κ1) is 15.1. The number of rotatable bonds is 7. The van der Waals surface area contributed by atoms with Gasteiger partial charge in [-0.3, -0.25) is 0 Å². The van der Waals surface area contributed by atoms with Crippen LogP contribution in [0.25, 0.3) is 0 Å². The van der Waals surface area contributed by atoms with E-state index in [1.54, 1.807) is 6.07 Å². The maximum absolute atomic E-state index is 11.3. The molecule has 2 heterocycles. The van der Waals surface area contributed by atoms with Crippen molar-refractivity contribution in [3.05, 3.63) is 23.7 Å². The van der Waals surface area contributed by atoms with Crippen LogP contribution in [0.5, 0.6) is 0 Å². The number of methoxy groups -OCH3 is 1. The average molecular weight is 280 g/mol. The Kier molecular flexibility index (Phi) is 5.61. The van der Waals surface area contributed by atoms with Crippen LogP contribution in [0.2, 0.25) is 0 Å². The fraction of sp³-hybridized carbons (Fsp3) is 0.667. The fourth-order valence-corrected chi connectivity index (χ4v) is 2.60. The molecule has 1 aromatic heterocycles. The van der Waals surface area contributed by atoms with E-state index in [1.807, 2.05) is 6.07 Å². The summed E-state index contributed by atoms with van der Waals surface area (Å²) in [6.45, 7) is 7.48. The molecule has 1 saturated heterocycles. The van der Waals surface area contributed by atoms with E-state index in [0.717, 1.165) is 18.8 Å². The third kappa shape index (κ3) is 4.35. The first-order valence-corrected chi connectivity index (χ1v) is 7.29. The zero-order chi connectivity index (χ0) is 14.4. The van der Waals surface area contributed by atoms with Gasteiger partial charge in [0.15, 0.2) is 0 Å². The van der Waals surface area contributed by atoms with E-state index in [1.165, 1.54) is 33.0 Å².